The van der Waals surface area contributed by atoms with Gasteiger partial charge in [-0.3, -0.25) is 0 Å². The van der Waals surface area contributed by atoms with Gasteiger partial charge in [0.15, 0.2) is 5.82 Å². The van der Waals surface area contributed by atoms with Crippen molar-refractivity contribution in [2.24, 2.45) is 0 Å². The lowest BCUT2D eigenvalue weighted by molar-refractivity contribution is 0.625. The van der Waals surface area contributed by atoms with E-state index in [0.29, 0.717) is 29.0 Å². The number of pyridine rings is 1. The van der Waals surface area contributed by atoms with Gasteiger partial charge in [-0.25, -0.2) is 9.37 Å². The van der Waals surface area contributed by atoms with Gasteiger partial charge in [0, 0.05) is 18.6 Å². The number of anilines is 2. The number of aromatic nitrogens is 1. The summed E-state index contributed by atoms with van der Waals surface area (Å²) in [5, 5.41) is 0.461. The van der Waals surface area contributed by atoms with E-state index in [2.05, 4.69) is 4.98 Å². The maximum Gasteiger partial charge on any atom is 0.151 e. The van der Waals surface area contributed by atoms with Crippen LogP contribution >= 0.6 is 23.2 Å². The van der Waals surface area contributed by atoms with Gasteiger partial charge in [0.1, 0.15) is 5.82 Å². The molecule has 0 atom stereocenters. The summed E-state index contributed by atoms with van der Waals surface area (Å²) in [6.07, 6.45) is 1.65. The van der Waals surface area contributed by atoms with Crippen molar-refractivity contribution in [1.29, 1.82) is 0 Å². The maximum absolute atomic E-state index is 13.9. The first-order valence-corrected chi connectivity index (χ1v) is 6.81. The molecule has 19 heavy (non-hydrogen) atoms. The van der Waals surface area contributed by atoms with Gasteiger partial charge in [-0.2, -0.15) is 0 Å². The zero-order valence-electron chi connectivity index (χ0n) is 10.4. The maximum atomic E-state index is 13.9. The van der Waals surface area contributed by atoms with Crippen molar-refractivity contribution in [3.05, 3.63) is 52.9 Å². The van der Waals surface area contributed by atoms with E-state index >= 15 is 0 Å². The van der Waals surface area contributed by atoms with Gasteiger partial charge in [0.25, 0.3) is 0 Å². The lowest BCUT2D eigenvalue weighted by Gasteiger charge is -2.23. The molecule has 0 aliphatic rings. The first-order chi connectivity index (χ1) is 9.17. The van der Waals surface area contributed by atoms with Gasteiger partial charge in [0.05, 0.1) is 10.7 Å². The van der Waals surface area contributed by atoms with Crippen LogP contribution < -0.4 is 4.90 Å². The van der Waals surface area contributed by atoms with Gasteiger partial charge in [-0.15, -0.1) is 11.6 Å². The molecule has 1 heterocycles. The predicted octanol–water partition coefficient (Wildman–Crippen LogP) is 4.77. The van der Waals surface area contributed by atoms with Gasteiger partial charge in [0.2, 0.25) is 0 Å². The molecule has 2 nitrogen and oxygen atoms in total. The zero-order valence-corrected chi connectivity index (χ0v) is 11.9. The SMILES string of the molecule is CCN(c1ccccc1F)c1ncc(CCl)cc1Cl. The molecule has 0 amide bonds. The Morgan fingerprint density at radius 2 is 2.05 bits per heavy atom. The lowest BCUT2D eigenvalue weighted by Crippen LogP contribution is -2.19. The van der Waals surface area contributed by atoms with E-state index in [1.807, 2.05) is 6.92 Å². The highest BCUT2D eigenvalue weighted by atomic mass is 35.5. The van der Waals surface area contributed by atoms with Crippen LogP contribution in [0.15, 0.2) is 36.5 Å². The van der Waals surface area contributed by atoms with E-state index in [4.69, 9.17) is 23.2 Å². The Bertz CT molecular complexity index is 575. The number of alkyl halides is 1. The number of rotatable bonds is 4. The smallest absolute Gasteiger partial charge is 0.151 e. The Balaban J connectivity index is 2.46. The molecule has 2 rings (SSSR count). The van der Waals surface area contributed by atoms with Crippen LogP contribution in [0.5, 0.6) is 0 Å². The fourth-order valence-corrected chi connectivity index (χ4v) is 2.28. The molecule has 0 aliphatic carbocycles. The third kappa shape index (κ3) is 2.99. The van der Waals surface area contributed by atoms with Gasteiger partial charge in [-0.1, -0.05) is 23.7 Å². The molecular formula is C14H13Cl2FN2. The molecule has 2 aromatic rings. The van der Waals surface area contributed by atoms with E-state index in [9.17, 15) is 4.39 Å². The van der Waals surface area contributed by atoms with Gasteiger partial charge >= 0.3 is 0 Å². The first kappa shape index (κ1) is 14.1. The second-order valence-electron chi connectivity index (χ2n) is 3.98. The predicted molar refractivity (Wildman–Crippen MR) is 77.9 cm³/mol. The normalized spacial score (nSPS) is 10.5. The Labute approximate surface area is 121 Å². The van der Waals surface area contributed by atoms with Crippen molar-refractivity contribution in [2.75, 3.05) is 11.4 Å². The molecule has 0 aliphatic heterocycles. The number of nitrogens with zero attached hydrogens (tertiary/aromatic N) is 2. The van der Waals surface area contributed by atoms with Gasteiger partial charge < -0.3 is 4.90 Å². The average molecular weight is 299 g/mol. The van der Waals surface area contributed by atoms with Crippen LogP contribution in [0.25, 0.3) is 0 Å². The van der Waals surface area contributed by atoms with Crippen LogP contribution in [0.4, 0.5) is 15.9 Å². The molecule has 0 radical (unpaired) electrons. The second-order valence-corrected chi connectivity index (χ2v) is 4.65. The van der Waals surface area contributed by atoms with Crippen LogP contribution in [-0.4, -0.2) is 11.5 Å². The Hall–Kier alpha value is -1.32. The van der Waals surface area contributed by atoms with Crippen molar-refractivity contribution in [2.45, 2.75) is 12.8 Å². The minimum absolute atomic E-state index is 0.302. The van der Waals surface area contributed by atoms with E-state index in [1.165, 1.54) is 6.07 Å². The summed E-state index contributed by atoms with van der Waals surface area (Å²) in [5.41, 5.74) is 1.29. The monoisotopic (exact) mass is 298 g/mol. The fraction of sp³-hybridized carbons (Fsp3) is 0.214. The van der Waals surface area contributed by atoms with E-state index in [-0.39, 0.29) is 5.82 Å². The third-order valence-electron chi connectivity index (χ3n) is 2.75. The summed E-state index contributed by atoms with van der Waals surface area (Å²) >= 11 is 11.9. The van der Waals surface area contributed by atoms with E-state index in [0.717, 1.165) is 5.56 Å². The quantitative estimate of drug-likeness (QED) is 0.756. The minimum atomic E-state index is -0.302. The first-order valence-electron chi connectivity index (χ1n) is 5.89. The molecule has 1 aromatic carbocycles. The number of hydrogen-bond donors (Lipinski definition) is 0. The summed E-state index contributed by atoms with van der Waals surface area (Å²) in [5.74, 6) is 0.575. The van der Waals surface area contributed by atoms with Crippen molar-refractivity contribution in [3.63, 3.8) is 0 Å². The summed E-state index contributed by atoms with van der Waals surface area (Å²) < 4.78 is 13.9. The molecule has 0 unspecified atom stereocenters. The highest BCUT2D eigenvalue weighted by molar-refractivity contribution is 6.33. The Morgan fingerprint density at radius 3 is 2.63 bits per heavy atom. The molecular weight excluding hydrogens is 286 g/mol. The highest BCUT2D eigenvalue weighted by Crippen LogP contribution is 2.31. The highest BCUT2D eigenvalue weighted by Gasteiger charge is 2.16. The summed E-state index contributed by atoms with van der Waals surface area (Å²) in [7, 11) is 0. The van der Waals surface area contributed by atoms with E-state index < -0.39 is 0 Å². The fourth-order valence-electron chi connectivity index (χ4n) is 1.85. The Kier molecular flexibility index (Phi) is 4.61. The number of halogens is 3. The van der Waals surface area contributed by atoms with Crippen LogP contribution in [0.3, 0.4) is 0 Å². The molecule has 0 fully saturated rings. The molecule has 0 saturated carbocycles. The topological polar surface area (TPSA) is 16.1 Å². The zero-order chi connectivity index (χ0) is 13.8. The summed E-state index contributed by atoms with van der Waals surface area (Å²) in [4.78, 5) is 6.01. The van der Waals surface area contributed by atoms with Crippen molar-refractivity contribution in [3.8, 4) is 0 Å². The van der Waals surface area contributed by atoms with Crippen molar-refractivity contribution < 1.29 is 4.39 Å². The van der Waals surface area contributed by atoms with Crippen LogP contribution in [0, 0.1) is 5.82 Å². The molecule has 1 aromatic heterocycles. The van der Waals surface area contributed by atoms with E-state index in [1.54, 1.807) is 35.4 Å². The molecule has 100 valence electrons. The molecule has 0 N–H and O–H groups in total. The number of hydrogen-bond acceptors (Lipinski definition) is 2. The number of benzene rings is 1. The van der Waals surface area contributed by atoms with Crippen LogP contribution in [0.2, 0.25) is 5.02 Å². The summed E-state index contributed by atoms with van der Waals surface area (Å²) in [6, 6.07) is 8.30. The second kappa shape index (κ2) is 6.22. The van der Waals surface area contributed by atoms with Gasteiger partial charge in [-0.05, 0) is 30.7 Å². The van der Waals surface area contributed by atoms with Crippen LogP contribution in [-0.2, 0) is 5.88 Å². The molecule has 5 heteroatoms. The van der Waals surface area contributed by atoms with Crippen molar-refractivity contribution >= 4 is 34.7 Å². The largest absolute Gasteiger partial charge is 0.323 e. The Morgan fingerprint density at radius 1 is 1.32 bits per heavy atom. The van der Waals surface area contributed by atoms with Crippen LogP contribution in [0.1, 0.15) is 12.5 Å². The average Bonchev–Trinajstić information content (AvgIpc) is 2.43. The lowest BCUT2D eigenvalue weighted by atomic mass is 10.2. The molecule has 0 saturated heterocycles. The standard InChI is InChI=1S/C14H13Cl2FN2/c1-2-19(13-6-4-3-5-12(13)17)14-11(16)7-10(8-15)9-18-14/h3-7,9H,2,8H2,1H3. The summed E-state index contributed by atoms with van der Waals surface area (Å²) in [6.45, 7) is 2.48. The third-order valence-corrected chi connectivity index (χ3v) is 3.33. The number of para-hydroxylation sites is 1. The molecule has 0 spiro atoms. The van der Waals surface area contributed by atoms with Crippen molar-refractivity contribution in [1.82, 2.24) is 4.98 Å². The molecule has 0 bridgehead atoms. The minimum Gasteiger partial charge on any atom is -0.323 e.